The van der Waals surface area contributed by atoms with Crippen LogP contribution < -0.4 is 14.8 Å². The van der Waals surface area contributed by atoms with E-state index in [1.54, 1.807) is 25.3 Å². The summed E-state index contributed by atoms with van der Waals surface area (Å²) in [7, 11) is 1.59. The summed E-state index contributed by atoms with van der Waals surface area (Å²) in [4.78, 5) is 0. The Balaban J connectivity index is 1.71. The second-order valence-corrected chi connectivity index (χ2v) is 6.43. The molecule has 0 aromatic heterocycles. The van der Waals surface area contributed by atoms with Crippen molar-refractivity contribution in [1.29, 1.82) is 0 Å². The SMILES string of the molecule is COc1cccc(CNCc2ccccc2Cl)c1OCc1ccccc1F. The molecular formula is C22H21ClFNO2. The van der Waals surface area contributed by atoms with Gasteiger partial charge in [-0.1, -0.05) is 60.1 Å². The van der Waals surface area contributed by atoms with Crippen molar-refractivity contribution in [2.75, 3.05) is 7.11 Å². The van der Waals surface area contributed by atoms with Crippen LogP contribution in [0.3, 0.4) is 0 Å². The zero-order valence-electron chi connectivity index (χ0n) is 15.0. The molecule has 0 aliphatic rings. The van der Waals surface area contributed by atoms with E-state index in [1.165, 1.54) is 6.07 Å². The van der Waals surface area contributed by atoms with Crippen LogP contribution in [0, 0.1) is 5.82 Å². The Morgan fingerprint density at radius 1 is 0.852 bits per heavy atom. The molecule has 27 heavy (non-hydrogen) atoms. The Bertz CT molecular complexity index is 901. The first-order valence-corrected chi connectivity index (χ1v) is 9.03. The number of para-hydroxylation sites is 1. The van der Waals surface area contributed by atoms with Crippen LogP contribution in [0.2, 0.25) is 5.02 Å². The summed E-state index contributed by atoms with van der Waals surface area (Å²) < 4.78 is 25.2. The molecule has 5 heteroatoms. The molecule has 1 N–H and O–H groups in total. The van der Waals surface area contributed by atoms with E-state index in [-0.39, 0.29) is 12.4 Å². The van der Waals surface area contributed by atoms with Gasteiger partial charge in [0.2, 0.25) is 0 Å². The number of hydrogen-bond donors (Lipinski definition) is 1. The van der Waals surface area contributed by atoms with E-state index in [4.69, 9.17) is 21.1 Å². The van der Waals surface area contributed by atoms with Crippen LogP contribution in [0.15, 0.2) is 66.7 Å². The van der Waals surface area contributed by atoms with Gasteiger partial charge in [-0.3, -0.25) is 0 Å². The van der Waals surface area contributed by atoms with Crippen LogP contribution in [-0.4, -0.2) is 7.11 Å². The van der Waals surface area contributed by atoms with E-state index >= 15 is 0 Å². The van der Waals surface area contributed by atoms with Gasteiger partial charge in [0.05, 0.1) is 7.11 Å². The van der Waals surface area contributed by atoms with E-state index in [0.717, 1.165) is 16.1 Å². The van der Waals surface area contributed by atoms with Gasteiger partial charge >= 0.3 is 0 Å². The smallest absolute Gasteiger partial charge is 0.166 e. The quantitative estimate of drug-likeness (QED) is 0.566. The number of methoxy groups -OCH3 is 1. The lowest BCUT2D eigenvalue weighted by Crippen LogP contribution is -2.14. The number of hydrogen-bond acceptors (Lipinski definition) is 3. The highest BCUT2D eigenvalue weighted by Gasteiger charge is 2.12. The molecule has 0 fully saturated rings. The molecule has 3 nitrogen and oxygen atoms in total. The van der Waals surface area contributed by atoms with Gasteiger partial charge in [0.1, 0.15) is 12.4 Å². The van der Waals surface area contributed by atoms with Crippen LogP contribution in [0.25, 0.3) is 0 Å². The van der Waals surface area contributed by atoms with Gasteiger partial charge in [-0.2, -0.15) is 0 Å². The van der Waals surface area contributed by atoms with Crippen LogP contribution in [0.1, 0.15) is 16.7 Å². The third-order valence-electron chi connectivity index (χ3n) is 4.20. The highest BCUT2D eigenvalue weighted by molar-refractivity contribution is 6.31. The molecule has 0 spiro atoms. The maximum absolute atomic E-state index is 13.9. The van der Waals surface area contributed by atoms with Crippen LogP contribution >= 0.6 is 11.6 Å². The molecule has 0 radical (unpaired) electrons. The average Bonchev–Trinajstić information content (AvgIpc) is 2.69. The third kappa shape index (κ3) is 5.00. The van der Waals surface area contributed by atoms with Gasteiger partial charge in [-0.05, 0) is 23.8 Å². The lowest BCUT2D eigenvalue weighted by molar-refractivity contribution is 0.276. The maximum Gasteiger partial charge on any atom is 0.166 e. The van der Waals surface area contributed by atoms with Crippen molar-refractivity contribution < 1.29 is 13.9 Å². The van der Waals surface area contributed by atoms with Crippen molar-refractivity contribution in [2.45, 2.75) is 19.7 Å². The van der Waals surface area contributed by atoms with Crippen LogP contribution in [0.4, 0.5) is 4.39 Å². The Hall–Kier alpha value is -2.56. The summed E-state index contributed by atoms with van der Waals surface area (Å²) in [5.74, 6) is 0.934. The van der Waals surface area contributed by atoms with Crippen LogP contribution in [0.5, 0.6) is 11.5 Å². The molecule has 0 bridgehead atoms. The highest BCUT2D eigenvalue weighted by atomic mass is 35.5. The average molecular weight is 386 g/mol. The van der Waals surface area contributed by atoms with Crippen molar-refractivity contribution in [3.63, 3.8) is 0 Å². The number of halogens is 2. The number of nitrogens with one attached hydrogen (secondary N) is 1. The van der Waals surface area contributed by atoms with Crippen molar-refractivity contribution in [3.05, 3.63) is 94.3 Å². The van der Waals surface area contributed by atoms with Crippen molar-refractivity contribution in [3.8, 4) is 11.5 Å². The molecule has 0 heterocycles. The second-order valence-electron chi connectivity index (χ2n) is 6.02. The van der Waals surface area contributed by atoms with E-state index in [2.05, 4.69) is 5.32 Å². The maximum atomic E-state index is 13.9. The van der Waals surface area contributed by atoms with Gasteiger partial charge < -0.3 is 14.8 Å². The van der Waals surface area contributed by atoms with E-state index < -0.39 is 0 Å². The van der Waals surface area contributed by atoms with Crippen LogP contribution in [-0.2, 0) is 19.7 Å². The van der Waals surface area contributed by atoms with Gasteiger partial charge in [-0.25, -0.2) is 4.39 Å². The second kappa shape index (κ2) is 9.40. The predicted molar refractivity (Wildman–Crippen MR) is 106 cm³/mol. The Kier molecular flexibility index (Phi) is 6.69. The summed E-state index contributed by atoms with van der Waals surface area (Å²) in [6, 6.07) is 20.0. The highest BCUT2D eigenvalue weighted by Crippen LogP contribution is 2.32. The fraction of sp³-hybridized carbons (Fsp3) is 0.182. The molecule has 140 valence electrons. The number of rotatable bonds is 8. The van der Waals surface area contributed by atoms with Gasteiger partial charge in [0.25, 0.3) is 0 Å². The van der Waals surface area contributed by atoms with Gasteiger partial charge in [0.15, 0.2) is 11.5 Å². The monoisotopic (exact) mass is 385 g/mol. The first-order chi connectivity index (χ1) is 13.2. The molecule has 0 saturated heterocycles. The Morgan fingerprint density at radius 2 is 1.52 bits per heavy atom. The molecule has 0 saturated carbocycles. The molecule has 0 atom stereocenters. The molecule has 3 rings (SSSR count). The topological polar surface area (TPSA) is 30.5 Å². The number of benzene rings is 3. The van der Waals surface area contributed by atoms with E-state index in [1.807, 2.05) is 42.5 Å². The lowest BCUT2D eigenvalue weighted by Gasteiger charge is -2.16. The Morgan fingerprint density at radius 3 is 2.26 bits per heavy atom. The normalized spacial score (nSPS) is 10.6. The zero-order valence-corrected chi connectivity index (χ0v) is 15.8. The summed E-state index contributed by atoms with van der Waals surface area (Å²) in [6.45, 7) is 1.32. The molecule has 0 aliphatic heterocycles. The largest absolute Gasteiger partial charge is 0.493 e. The molecule has 3 aromatic carbocycles. The summed E-state index contributed by atoms with van der Waals surface area (Å²) >= 11 is 6.20. The lowest BCUT2D eigenvalue weighted by atomic mass is 10.1. The minimum atomic E-state index is -0.286. The number of ether oxygens (including phenoxy) is 2. The molecule has 0 amide bonds. The van der Waals surface area contributed by atoms with E-state index in [9.17, 15) is 4.39 Å². The first-order valence-electron chi connectivity index (χ1n) is 8.65. The zero-order chi connectivity index (χ0) is 19.1. The standard InChI is InChI=1S/C22H21ClFNO2/c1-26-21-12-6-9-17(14-25-13-16-7-2-4-10-19(16)23)22(21)27-15-18-8-3-5-11-20(18)24/h2-12,25H,13-15H2,1H3. The molecular weight excluding hydrogens is 365 g/mol. The van der Waals surface area contributed by atoms with Crippen molar-refractivity contribution >= 4 is 11.6 Å². The molecule has 3 aromatic rings. The third-order valence-corrected chi connectivity index (χ3v) is 4.57. The fourth-order valence-electron chi connectivity index (χ4n) is 2.76. The van der Waals surface area contributed by atoms with E-state index in [0.29, 0.717) is 30.2 Å². The summed E-state index contributed by atoms with van der Waals surface area (Å²) in [5, 5.41) is 4.09. The van der Waals surface area contributed by atoms with Crippen molar-refractivity contribution in [2.24, 2.45) is 0 Å². The fourth-order valence-corrected chi connectivity index (χ4v) is 2.97. The van der Waals surface area contributed by atoms with Gasteiger partial charge in [-0.15, -0.1) is 0 Å². The van der Waals surface area contributed by atoms with Gasteiger partial charge in [0, 0.05) is 29.2 Å². The minimum absolute atomic E-state index is 0.130. The summed E-state index contributed by atoms with van der Waals surface area (Å²) in [6.07, 6.45) is 0. The molecule has 0 unspecified atom stereocenters. The predicted octanol–water partition coefficient (Wildman–Crippen LogP) is 5.36. The Labute approximate surface area is 163 Å². The minimum Gasteiger partial charge on any atom is -0.493 e. The van der Waals surface area contributed by atoms with Crippen molar-refractivity contribution in [1.82, 2.24) is 5.32 Å². The first kappa shape index (κ1) is 19.2. The summed E-state index contributed by atoms with van der Waals surface area (Å²) in [5.41, 5.74) is 2.45. The molecule has 0 aliphatic carbocycles.